The molecule has 1 aromatic heterocycles. The Morgan fingerprint density at radius 2 is 1.76 bits per heavy atom. The first-order chi connectivity index (χ1) is 10.2. The van der Waals surface area contributed by atoms with Crippen molar-refractivity contribution in [2.75, 3.05) is 17.2 Å². The summed E-state index contributed by atoms with van der Waals surface area (Å²) >= 11 is 0. The van der Waals surface area contributed by atoms with Gasteiger partial charge in [0.2, 0.25) is 0 Å². The van der Waals surface area contributed by atoms with E-state index in [9.17, 15) is 4.79 Å². The first-order valence-electron chi connectivity index (χ1n) is 6.74. The molecule has 0 atom stereocenters. The largest absolute Gasteiger partial charge is 0.450 e. The molecule has 0 radical (unpaired) electrons. The highest BCUT2D eigenvalue weighted by Crippen LogP contribution is 2.09. The number of carbonyl (C=O) groups is 1. The van der Waals surface area contributed by atoms with E-state index in [4.69, 9.17) is 4.74 Å². The average Bonchev–Trinajstić information content (AvgIpc) is 2.48. The molecule has 0 aliphatic carbocycles. The van der Waals surface area contributed by atoms with Gasteiger partial charge in [0.15, 0.2) is 5.82 Å². The van der Waals surface area contributed by atoms with E-state index in [-0.39, 0.29) is 0 Å². The van der Waals surface area contributed by atoms with Crippen LogP contribution < -0.4 is 10.6 Å². The zero-order valence-corrected chi connectivity index (χ0v) is 12.1. The van der Waals surface area contributed by atoms with Crippen molar-refractivity contribution in [1.82, 2.24) is 10.2 Å². The van der Waals surface area contributed by atoms with Crippen LogP contribution in [0.2, 0.25) is 0 Å². The molecule has 110 valence electrons. The Bertz CT molecular complexity index is 582. The molecular weight excluding hydrogens is 268 g/mol. The van der Waals surface area contributed by atoms with Crippen LogP contribution in [0.1, 0.15) is 18.1 Å². The number of rotatable bonds is 5. The summed E-state index contributed by atoms with van der Waals surface area (Å²) in [5.74, 6) is 0.999. The van der Waals surface area contributed by atoms with Crippen LogP contribution in [0.15, 0.2) is 36.4 Å². The number of hydrogen-bond acceptors (Lipinski definition) is 5. The minimum absolute atomic E-state index is 0.315. The van der Waals surface area contributed by atoms with Crippen LogP contribution in [0.4, 0.5) is 16.4 Å². The van der Waals surface area contributed by atoms with Crippen LogP contribution in [-0.4, -0.2) is 22.9 Å². The van der Waals surface area contributed by atoms with Gasteiger partial charge in [0, 0.05) is 6.54 Å². The van der Waals surface area contributed by atoms with Gasteiger partial charge in [-0.2, -0.15) is 0 Å². The molecule has 2 rings (SSSR count). The molecule has 0 fully saturated rings. The van der Waals surface area contributed by atoms with E-state index < -0.39 is 6.09 Å². The first kappa shape index (κ1) is 14.8. The number of anilines is 2. The van der Waals surface area contributed by atoms with Crippen molar-refractivity contribution in [1.29, 1.82) is 0 Å². The Morgan fingerprint density at radius 3 is 2.38 bits per heavy atom. The maximum absolute atomic E-state index is 11.2. The fourth-order valence-corrected chi connectivity index (χ4v) is 1.66. The third kappa shape index (κ3) is 4.76. The highest BCUT2D eigenvalue weighted by molar-refractivity contribution is 5.83. The highest BCUT2D eigenvalue weighted by Gasteiger charge is 2.03. The quantitative estimate of drug-likeness (QED) is 0.883. The van der Waals surface area contributed by atoms with Crippen molar-refractivity contribution in [3.63, 3.8) is 0 Å². The van der Waals surface area contributed by atoms with Gasteiger partial charge in [-0.05, 0) is 31.5 Å². The smallest absolute Gasteiger partial charge is 0.412 e. The third-order valence-corrected chi connectivity index (χ3v) is 2.76. The summed E-state index contributed by atoms with van der Waals surface area (Å²) in [7, 11) is 0. The van der Waals surface area contributed by atoms with Gasteiger partial charge < -0.3 is 10.1 Å². The minimum Gasteiger partial charge on any atom is -0.450 e. The molecule has 1 amide bonds. The molecule has 6 heteroatoms. The van der Waals surface area contributed by atoms with Gasteiger partial charge in [-0.15, -0.1) is 10.2 Å². The summed E-state index contributed by atoms with van der Waals surface area (Å²) < 4.78 is 4.76. The number of ether oxygens (including phenoxy) is 1. The lowest BCUT2D eigenvalue weighted by molar-refractivity contribution is 0.168. The number of hydrogen-bond donors (Lipinski definition) is 2. The molecule has 0 spiro atoms. The molecule has 6 nitrogen and oxygen atoms in total. The number of benzene rings is 1. The third-order valence-electron chi connectivity index (χ3n) is 2.76. The number of carbonyl (C=O) groups excluding carboxylic acids is 1. The van der Waals surface area contributed by atoms with Gasteiger partial charge in [0.05, 0.1) is 6.61 Å². The van der Waals surface area contributed by atoms with Crippen molar-refractivity contribution in [3.05, 3.63) is 47.5 Å². The lowest BCUT2D eigenvalue weighted by Gasteiger charge is -2.07. The van der Waals surface area contributed by atoms with E-state index in [0.717, 1.165) is 5.56 Å². The van der Waals surface area contributed by atoms with E-state index in [1.54, 1.807) is 19.1 Å². The second kappa shape index (κ2) is 7.23. The molecule has 0 aliphatic heterocycles. The number of aromatic nitrogens is 2. The zero-order chi connectivity index (χ0) is 15.1. The minimum atomic E-state index is -0.535. The average molecular weight is 286 g/mol. The fraction of sp³-hybridized carbons (Fsp3) is 0.267. The van der Waals surface area contributed by atoms with E-state index in [2.05, 4.69) is 52.0 Å². The Morgan fingerprint density at radius 1 is 1.10 bits per heavy atom. The standard InChI is InChI=1S/C15H18N4O2/c1-3-21-15(20)17-14-9-8-13(18-19-14)16-10-12-6-4-11(2)5-7-12/h4-9H,3,10H2,1-2H3,(H,16,18)(H,17,19,20). The second-order valence-electron chi connectivity index (χ2n) is 4.49. The van der Waals surface area contributed by atoms with Crippen molar-refractivity contribution in [2.24, 2.45) is 0 Å². The molecule has 0 unspecified atom stereocenters. The normalized spacial score (nSPS) is 10.0. The number of aryl methyl sites for hydroxylation is 1. The van der Waals surface area contributed by atoms with E-state index in [0.29, 0.717) is 24.8 Å². The van der Waals surface area contributed by atoms with Crippen LogP contribution in [0.3, 0.4) is 0 Å². The molecule has 0 saturated carbocycles. The van der Waals surface area contributed by atoms with Gasteiger partial charge in [-0.3, -0.25) is 5.32 Å². The topological polar surface area (TPSA) is 76.1 Å². The van der Waals surface area contributed by atoms with Gasteiger partial charge >= 0.3 is 6.09 Å². The molecule has 21 heavy (non-hydrogen) atoms. The fourth-order valence-electron chi connectivity index (χ4n) is 1.66. The van der Waals surface area contributed by atoms with Gasteiger partial charge in [0.25, 0.3) is 0 Å². The molecule has 1 aromatic carbocycles. The number of nitrogens with zero attached hydrogens (tertiary/aromatic N) is 2. The second-order valence-corrected chi connectivity index (χ2v) is 4.49. The molecule has 0 aliphatic rings. The molecule has 1 heterocycles. The number of amides is 1. The van der Waals surface area contributed by atoms with Crippen molar-refractivity contribution < 1.29 is 9.53 Å². The van der Waals surface area contributed by atoms with Crippen LogP contribution >= 0.6 is 0 Å². The summed E-state index contributed by atoms with van der Waals surface area (Å²) in [5.41, 5.74) is 2.39. The Labute approximate surface area is 123 Å². The van der Waals surface area contributed by atoms with Crippen molar-refractivity contribution >= 4 is 17.7 Å². The molecular formula is C15H18N4O2. The first-order valence-corrected chi connectivity index (χ1v) is 6.74. The predicted octanol–water partition coefficient (Wildman–Crippen LogP) is 2.97. The van der Waals surface area contributed by atoms with Crippen molar-refractivity contribution in [3.8, 4) is 0 Å². The molecule has 0 bridgehead atoms. The van der Waals surface area contributed by atoms with E-state index in [1.807, 2.05) is 0 Å². The van der Waals surface area contributed by atoms with Crippen LogP contribution in [0.5, 0.6) is 0 Å². The molecule has 2 N–H and O–H groups in total. The Balaban J connectivity index is 1.87. The van der Waals surface area contributed by atoms with Crippen molar-refractivity contribution in [2.45, 2.75) is 20.4 Å². The maximum Gasteiger partial charge on any atom is 0.412 e. The van der Waals surface area contributed by atoms with Crippen LogP contribution in [0, 0.1) is 6.92 Å². The molecule has 0 saturated heterocycles. The summed E-state index contributed by atoms with van der Waals surface area (Å²) in [6, 6.07) is 11.7. The summed E-state index contributed by atoms with van der Waals surface area (Å²) in [5, 5.41) is 13.6. The van der Waals surface area contributed by atoms with E-state index >= 15 is 0 Å². The van der Waals surface area contributed by atoms with Crippen LogP contribution in [0.25, 0.3) is 0 Å². The van der Waals surface area contributed by atoms with Gasteiger partial charge in [0.1, 0.15) is 5.82 Å². The van der Waals surface area contributed by atoms with E-state index in [1.165, 1.54) is 5.56 Å². The maximum atomic E-state index is 11.2. The monoisotopic (exact) mass is 286 g/mol. The SMILES string of the molecule is CCOC(=O)Nc1ccc(NCc2ccc(C)cc2)nn1. The lowest BCUT2D eigenvalue weighted by atomic mass is 10.1. The predicted molar refractivity (Wildman–Crippen MR) is 81.2 cm³/mol. The number of nitrogens with one attached hydrogen (secondary N) is 2. The highest BCUT2D eigenvalue weighted by atomic mass is 16.5. The lowest BCUT2D eigenvalue weighted by Crippen LogP contribution is -2.14. The summed E-state index contributed by atoms with van der Waals surface area (Å²) in [6.07, 6.45) is -0.535. The summed E-state index contributed by atoms with van der Waals surface area (Å²) in [4.78, 5) is 11.2. The molecule has 2 aromatic rings. The zero-order valence-electron chi connectivity index (χ0n) is 12.1. The van der Waals surface area contributed by atoms with Gasteiger partial charge in [-0.1, -0.05) is 29.8 Å². The van der Waals surface area contributed by atoms with Crippen LogP contribution in [-0.2, 0) is 11.3 Å². The Hall–Kier alpha value is -2.63. The summed E-state index contributed by atoms with van der Waals surface area (Å²) in [6.45, 7) is 4.77. The Kier molecular flexibility index (Phi) is 5.09. The van der Waals surface area contributed by atoms with Gasteiger partial charge in [-0.25, -0.2) is 4.79 Å².